The summed E-state index contributed by atoms with van der Waals surface area (Å²) in [6.45, 7) is 11.8. The van der Waals surface area contributed by atoms with Crippen LogP contribution in [0, 0.1) is 17.8 Å². The van der Waals surface area contributed by atoms with Gasteiger partial charge in [-0.25, -0.2) is 0 Å². The zero-order valence-electron chi connectivity index (χ0n) is 25.6. The molecule has 236 valence electrons. The Morgan fingerprint density at radius 3 is 2.61 bits per heavy atom. The number of esters is 1. The summed E-state index contributed by atoms with van der Waals surface area (Å²) in [5.41, 5.74) is -0.580. The first-order valence-corrected chi connectivity index (χ1v) is 16.5. The van der Waals surface area contributed by atoms with E-state index in [4.69, 9.17) is 9.47 Å². The van der Waals surface area contributed by atoms with Crippen LogP contribution in [0.3, 0.4) is 0 Å². The topological polar surface area (TPSA) is 96.4 Å². The van der Waals surface area contributed by atoms with E-state index in [1.165, 1.54) is 4.90 Å². The first-order valence-electron chi connectivity index (χ1n) is 15.6. The van der Waals surface area contributed by atoms with E-state index in [1.807, 2.05) is 62.4 Å². The van der Waals surface area contributed by atoms with Crippen molar-refractivity contribution in [3.05, 3.63) is 67.8 Å². The molecule has 3 heterocycles. The Morgan fingerprint density at radius 2 is 1.93 bits per heavy atom. The Kier molecular flexibility index (Phi) is 9.97. The molecule has 1 N–H and O–H groups in total. The lowest BCUT2D eigenvalue weighted by Gasteiger charge is -2.39. The molecule has 0 aliphatic carbocycles. The van der Waals surface area contributed by atoms with Gasteiger partial charge in [0.2, 0.25) is 5.91 Å². The highest BCUT2D eigenvalue weighted by Crippen LogP contribution is 2.61. The minimum Gasteiger partial charge on any atom is -0.465 e. The average molecular weight is 668 g/mol. The molecule has 0 aromatic heterocycles. The van der Waals surface area contributed by atoms with Crippen LogP contribution < -0.4 is 4.90 Å². The molecule has 2 aromatic rings. The highest BCUT2D eigenvalue weighted by molar-refractivity contribution is 9.09. The Labute approximate surface area is 268 Å². The molecule has 2 aromatic carbocycles. The minimum atomic E-state index is -1.25. The van der Waals surface area contributed by atoms with Crippen LogP contribution in [0.2, 0.25) is 0 Å². The van der Waals surface area contributed by atoms with Gasteiger partial charge in [0.05, 0.1) is 37.2 Å². The number of likely N-dealkylation sites (tertiary alicyclic amines) is 1. The number of aliphatic hydroxyl groups is 1. The van der Waals surface area contributed by atoms with E-state index in [0.29, 0.717) is 24.9 Å². The maximum Gasteiger partial charge on any atom is 0.312 e. The number of allylic oxidation sites excluding steroid dienone is 1. The zero-order chi connectivity index (χ0) is 31.6. The van der Waals surface area contributed by atoms with Crippen LogP contribution in [-0.2, 0) is 23.9 Å². The highest BCUT2D eigenvalue weighted by atomic mass is 79.9. The molecule has 9 heteroatoms. The van der Waals surface area contributed by atoms with E-state index in [1.54, 1.807) is 11.0 Å². The Bertz CT molecular complexity index is 1410. The number of unbranched alkanes of at least 4 members (excludes halogenated alkanes) is 2. The van der Waals surface area contributed by atoms with E-state index < -0.39 is 41.6 Å². The number of amides is 2. The van der Waals surface area contributed by atoms with Crippen LogP contribution in [0.25, 0.3) is 10.8 Å². The molecule has 7 atom stereocenters. The van der Waals surface area contributed by atoms with Crippen LogP contribution in [-0.4, -0.2) is 76.2 Å². The summed E-state index contributed by atoms with van der Waals surface area (Å²) in [7, 11) is 0. The number of fused-ring (bicyclic) bond motifs is 2. The van der Waals surface area contributed by atoms with Crippen LogP contribution in [0.15, 0.2) is 67.8 Å². The molecule has 0 radical (unpaired) electrons. The van der Waals surface area contributed by atoms with Gasteiger partial charge >= 0.3 is 5.97 Å². The van der Waals surface area contributed by atoms with E-state index in [-0.39, 0.29) is 42.3 Å². The second kappa shape index (κ2) is 13.5. The van der Waals surface area contributed by atoms with Crippen LogP contribution in [0.4, 0.5) is 5.69 Å². The first kappa shape index (κ1) is 32.4. The SMILES string of the molecule is C=CCCCCOC(=O)[C@H]1[C@H]2C(=O)N([C@@H](CO)CC(C)C)C(C(=O)N(CC=C)c3ccc4ccccc4c3)C23CC(Br)[C@@H]1O3. The molecule has 1 spiro atoms. The number of halogens is 1. The maximum absolute atomic E-state index is 14.9. The predicted octanol–water partition coefficient (Wildman–Crippen LogP) is 5.41. The van der Waals surface area contributed by atoms with E-state index in [9.17, 15) is 19.5 Å². The van der Waals surface area contributed by atoms with Crippen molar-refractivity contribution < 1.29 is 29.0 Å². The lowest BCUT2D eigenvalue weighted by molar-refractivity contribution is -0.155. The van der Waals surface area contributed by atoms with Gasteiger partial charge in [-0.2, -0.15) is 0 Å². The van der Waals surface area contributed by atoms with Crippen molar-refractivity contribution in [1.29, 1.82) is 0 Å². The molecular weight excluding hydrogens is 624 g/mol. The quantitative estimate of drug-likeness (QED) is 0.125. The monoisotopic (exact) mass is 666 g/mol. The predicted molar refractivity (Wildman–Crippen MR) is 174 cm³/mol. The molecule has 8 nitrogen and oxygen atoms in total. The molecular formula is C35H43BrN2O6. The fraction of sp³-hybridized carbons (Fsp3) is 0.514. The number of aliphatic hydroxyl groups excluding tert-OH is 1. The molecule has 3 saturated heterocycles. The number of carbonyl (C=O) groups is 3. The number of hydrogen-bond donors (Lipinski definition) is 1. The van der Waals surface area contributed by atoms with Crippen molar-refractivity contribution in [3.8, 4) is 0 Å². The van der Waals surface area contributed by atoms with Gasteiger partial charge in [-0.3, -0.25) is 14.4 Å². The van der Waals surface area contributed by atoms with Crippen molar-refractivity contribution in [2.45, 2.75) is 74.6 Å². The average Bonchev–Trinajstić information content (AvgIpc) is 3.61. The first-order chi connectivity index (χ1) is 21.2. The van der Waals surface area contributed by atoms with Crippen molar-refractivity contribution in [3.63, 3.8) is 0 Å². The number of nitrogens with zero attached hydrogens (tertiary/aromatic N) is 2. The van der Waals surface area contributed by atoms with Gasteiger partial charge in [-0.1, -0.05) is 72.3 Å². The molecule has 3 aliphatic rings. The standard InChI is InChI=1S/C35H43BrN2O6/c1-5-7-8-11-17-43-34(42)28-29-32(40)38(26(21-39)18-22(3)4)31(35(29)20-27(36)30(28)44-35)33(41)37(16-6-2)25-15-14-23-12-9-10-13-24(23)19-25/h5-6,9-10,12-15,19,22,26-31,39H,1-2,7-8,11,16-18,20-21H2,3-4H3/t26-,27?,28+,29+,30+,31?,35?/m1/s1. The van der Waals surface area contributed by atoms with E-state index >= 15 is 0 Å². The Morgan fingerprint density at radius 1 is 1.18 bits per heavy atom. The summed E-state index contributed by atoms with van der Waals surface area (Å²) in [5.74, 6) is -2.73. The summed E-state index contributed by atoms with van der Waals surface area (Å²) in [6, 6.07) is 12.1. The molecule has 2 bridgehead atoms. The molecule has 44 heavy (non-hydrogen) atoms. The van der Waals surface area contributed by atoms with Gasteiger partial charge in [0.1, 0.15) is 11.6 Å². The van der Waals surface area contributed by atoms with Gasteiger partial charge in [0.25, 0.3) is 5.91 Å². The summed E-state index contributed by atoms with van der Waals surface area (Å²) < 4.78 is 12.4. The smallest absolute Gasteiger partial charge is 0.312 e. The van der Waals surface area contributed by atoms with Gasteiger partial charge in [-0.15, -0.1) is 13.2 Å². The van der Waals surface area contributed by atoms with Crippen molar-refractivity contribution in [1.82, 2.24) is 4.90 Å². The summed E-state index contributed by atoms with van der Waals surface area (Å²) >= 11 is 3.72. The van der Waals surface area contributed by atoms with Crippen LogP contribution >= 0.6 is 15.9 Å². The second-order valence-electron chi connectivity index (χ2n) is 12.6. The number of hydrogen-bond acceptors (Lipinski definition) is 6. The lowest BCUT2D eigenvalue weighted by Crippen LogP contribution is -2.59. The van der Waals surface area contributed by atoms with Crippen LogP contribution in [0.5, 0.6) is 0 Å². The van der Waals surface area contributed by atoms with E-state index in [2.05, 4.69) is 29.1 Å². The largest absolute Gasteiger partial charge is 0.465 e. The number of ether oxygens (including phenoxy) is 2. The van der Waals surface area contributed by atoms with Crippen LogP contribution in [0.1, 0.15) is 46.0 Å². The van der Waals surface area contributed by atoms with E-state index in [0.717, 1.165) is 23.6 Å². The maximum atomic E-state index is 14.9. The minimum absolute atomic E-state index is 0.149. The lowest BCUT2D eigenvalue weighted by atomic mass is 9.70. The molecule has 5 rings (SSSR count). The molecule has 2 amide bonds. The molecule has 0 saturated carbocycles. The molecule has 3 unspecified atom stereocenters. The Balaban J connectivity index is 1.55. The third kappa shape index (κ3) is 5.74. The zero-order valence-corrected chi connectivity index (χ0v) is 27.2. The van der Waals surface area contributed by atoms with Gasteiger partial charge < -0.3 is 24.4 Å². The summed E-state index contributed by atoms with van der Waals surface area (Å²) in [5, 5.41) is 12.6. The highest BCUT2D eigenvalue weighted by Gasteiger charge is 2.77. The third-order valence-electron chi connectivity index (χ3n) is 9.25. The van der Waals surface area contributed by atoms with Crippen molar-refractivity contribution >= 4 is 50.2 Å². The number of carbonyl (C=O) groups excluding carboxylic acids is 3. The summed E-state index contributed by atoms with van der Waals surface area (Å²) in [6.07, 6.45) is 6.12. The van der Waals surface area contributed by atoms with Gasteiger partial charge in [0, 0.05) is 17.1 Å². The summed E-state index contributed by atoms with van der Waals surface area (Å²) in [4.78, 5) is 45.9. The number of alkyl halides is 1. The molecule has 3 aliphatic heterocycles. The Hall–Kier alpha value is -3.01. The normalized spacial score (nSPS) is 27.9. The number of rotatable bonds is 14. The fourth-order valence-electron chi connectivity index (χ4n) is 7.43. The fourth-order valence-corrected chi connectivity index (χ4v) is 8.38. The van der Waals surface area contributed by atoms with Crippen molar-refractivity contribution in [2.75, 3.05) is 24.7 Å². The van der Waals surface area contributed by atoms with Crippen molar-refractivity contribution in [2.24, 2.45) is 17.8 Å². The van der Waals surface area contributed by atoms with Gasteiger partial charge in [-0.05, 0) is 60.9 Å². The number of anilines is 1. The van der Waals surface area contributed by atoms with Gasteiger partial charge in [0.15, 0.2) is 0 Å². The molecule has 3 fully saturated rings. The third-order valence-corrected chi connectivity index (χ3v) is 10.1. The number of benzene rings is 2. The second-order valence-corrected chi connectivity index (χ2v) is 13.8.